The van der Waals surface area contributed by atoms with Crippen LogP contribution in [0.25, 0.3) is 0 Å². The lowest BCUT2D eigenvalue weighted by atomic mass is 9.99. The van der Waals surface area contributed by atoms with Crippen LogP contribution in [-0.2, 0) is 19.3 Å². The molecule has 0 amide bonds. The van der Waals surface area contributed by atoms with Gasteiger partial charge in [0.1, 0.15) is 11.5 Å². The predicted octanol–water partition coefficient (Wildman–Crippen LogP) is 3.48. The normalized spacial score (nSPS) is 14.9. The maximum atomic E-state index is 6.25. The molecule has 3 nitrogen and oxygen atoms in total. The fraction of sp³-hybridized carbons (Fsp3) is 0.375. The molecule has 0 saturated carbocycles. The number of rotatable bonds is 5. The van der Waals surface area contributed by atoms with E-state index in [1.54, 1.807) is 6.26 Å². The van der Waals surface area contributed by atoms with Crippen LogP contribution >= 0.6 is 15.9 Å². The molecule has 2 heterocycles. The molecule has 0 bridgehead atoms. The Hall–Kier alpha value is -1.26. The van der Waals surface area contributed by atoms with Crippen molar-refractivity contribution in [2.45, 2.75) is 31.7 Å². The van der Waals surface area contributed by atoms with Crippen LogP contribution in [0.3, 0.4) is 0 Å². The highest BCUT2D eigenvalue weighted by Gasteiger charge is 2.19. The molecule has 1 aliphatic rings. The topological polar surface area (TPSA) is 48.4 Å². The van der Waals surface area contributed by atoms with Crippen LogP contribution < -0.4 is 10.5 Å². The molecule has 1 unspecified atom stereocenters. The lowest BCUT2D eigenvalue weighted by Gasteiger charge is -2.14. The Balaban J connectivity index is 1.65. The highest BCUT2D eigenvalue weighted by atomic mass is 79.9. The summed E-state index contributed by atoms with van der Waals surface area (Å²) < 4.78 is 12.2. The third-order valence-electron chi connectivity index (χ3n) is 3.65. The summed E-state index contributed by atoms with van der Waals surface area (Å²) in [5, 5.41) is 0. The van der Waals surface area contributed by atoms with E-state index in [0.717, 1.165) is 48.3 Å². The number of hydrogen-bond donors (Lipinski definition) is 1. The Bertz CT molecular complexity index is 580. The minimum atomic E-state index is 0.114. The van der Waals surface area contributed by atoms with Gasteiger partial charge in [0.2, 0.25) is 0 Å². The molecule has 0 spiro atoms. The van der Waals surface area contributed by atoms with Gasteiger partial charge in [0.05, 0.1) is 12.9 Å². The van der Waals surface area contributed by atoms with Crippen LogP contribution in [-0.4, -0.2) is 12.6 Å². The van der Waals surface area contributed by atoms with E-state index in [0.29, 0.717) is 0 Å². The van der Waals surface area contributed by atoms with E-state index in [9.17, 15) is 0 Å². The summed E-state index contributed by atoms with van der Waals surface area (Å²) in [6.45, 7) is 0.778. The van der Waals surface area contributed by atoms with Crippen LogP contribution in [0.4, 0.5) is 0 Å². The van der Waals surface area contributed by atoms with Crippen molar-refractivity contribution in [3.05, 3.63) is 51.9 Å². The summed E-state index contributed by atoms with van der Waals surface area (Å²) in [6, 6.07) is 8.28. The first-order valence-corrected chi connectivity index (χ1v) is 7.74. The van der Waals surface area contributed by atoms with E-state index in [4.69, 9.17) is 14.9 Å². The molecular formula is C16H18BrNO2. The summed E-state index contributed by atoms with van der Waals surface area (Å²) in [5.41, 5.74) is 8.75. The number of furan rings is 1. The summed E-state index contributed by atoms with van der Waals surface area (Å²) in [7, 11) is 0. The van der Waals surface area contributed by atoms with Crippen molar-refractivity contribution in [2.24, 2.45) is 5.73 Å². The van der Waals surface area contributed by atoms with E-state index in [1.807, 2.05) is 12.1 Å². The smallest absolute Gasteiger partial charge is 0.125 e. The lowest BCUT2D eigenvalue weighted by molar-refractivity contribution is 0.352. The number of nitrogens with two attached hydrogens (primary N) is 1. The van der Waals surface area contributed by atoms with E-state index in [-0.39, 0.29) is 6.04 Å². The Labute approximate surface area is 127 Å². The van der Waals surface area contributed by atoms with Gasteiger partial charge in [0.15, 0.2) is 0 Å². The zero-order valence-electron chi connectivity index (χ0n) is 11.3. The molecule has 20 heavy (non-hydrogen) atoms. The summed E-state index contributed by atoms with van der Waals surface area (Å²) in [5.74, 6) is 2.04. The number of ether oxygens (including phenoxy) is 1. The Morgan fingerprint density at radius 3 is 3.05 bits per heavy atom. The molecule has 0 radical (unpaired) electrons. The highest BCUT2D eigenvalue weighted by Crippen LogP contribution is 2.33. The molecule has 1 aromatic carbocycles. The average Bonchev–Trinajstić information content (AvgIpc) is 3.06. The summed E-state index contributed by atoms with van der Waals surface area (Å²) in [6.07, 6.45) is 5.32. The summed E-state index contributed by atoms with van der Waals surface area (Å²) >= 11 is 3.56. The molecule has 1 aliphatic heterocycles. The van der Waals surface area contributed by atoms with Crippen LogP contribution in [0.2, 0.25) is 0 Å². The van der Waals surface area contributed by atoms with Crippen molar-refractivity contribution in [3.63, 3.8) is 0 Å². The zero-order chi connectivity index (χ0) is 13.9. The van der Waals surface area contributed by atoms with E-state index in [1.165, 1.54) is 11.1 Å². The molecule has 3 rings (SSSR count). The molecule has 4 heteroatoms. The van der Waals surface area contributed by atoms with Crippen molar-refractivity contribution in [1.29, 1.82) is 0 Å². The van der Waals surface area contributed by atoms with Gasteiger partial charge in [-0.2, -0.15) is 0 Å². The Kier molecular flexibility index (Phi) is 4.13. The Morgan fingerprint density at radius 2 is 2.25 bits per heavy atom. The monoisotopic (exact) mass is 335 g/mol. The quantitative estimate of drug-likeness (QED) is 0.909. The van der Waals surface area contributed by atoms with Gasteiger partial charge in [-0.3, -0.25) is 0 Å². The number of hydrogen-bond acceptors (Lipinski definition) is 3. The second-order valence-electron chi connectivity index (χ2n) is 5.23. The van der Waals surface area contributed by atoms with Crippen molar-refractivity contribution in [1.82, 2.24) is 0 Å². The van der Waals surface area contributed by atoms with Gasteiger partial charge < -0.3 is 14.9 Å². The molecule has 0 fully saturated rings. The van der Waals surface area contributed by atoms with Crippen LogP contribution in [0.5, 0.6) is 5.75 Å². The minimum Gasteiger partial charge on any atom is -0.493 e. The number of halogens is 1. The van der Waals surface area contributed by atoms with Crippen LogP contribution in [0.1, 0.15) is 23.3 Å². The number of fused-ring (bicyclic) bond motifs is 1. The largest absolute Gasteiger partial charge is 0.493 e. The van der Waals surface area contributed by atoms with E-state index >= 15 is 0 Å². The molecule has 106 valence electrons. The second kappa shape index (κ2) is 6.02. The van der Waals surface area contributed by atoms with Crippen LogP contribution in [0.15, 0.2) is 39.4 Å². The maximum absolute atomic E-state index is 6.25. The lowest BCUT2D eigenvalue weighted by Crippen LogP contribution is -2.23. The van der Waals surface area contributed by atoms with Crippen molar-refractivity contribution >= 4 is 15.9 Å². The fourth-order valence-electron chi connectivity index (χ4n) is 2.66. The van der Waals surface area contributed by atoms with Gasteiger partial charge in [0, 0.05) is 23.4 Å². The molecule has 1 aromatic heterocycles. The standard InChI is InChI=1S/C16H18BrNO2/c17-13-8-11-5-7-20-16(11)12(9-13)10-14(18)3-4-15-2-1-6-19-15/h1-2,6,8-9,14H,3-5,7,10,18H2. The SMILES string of the molecule is NC(CCc1ccco1)Cc1cc(Br)cc2c1OCC2. The second-order valence-corrected chi connectivity index (χ2v) is 6.15. The zero-order valence-corrected chi connectivity index (χ0v) is 12.9. The van der Waals surface area contributed by atoms with Crippen molar-refractivity contribution in [2.75, 3.05) is 6.61 Å². The van der Waals surface area contributed by atoms with Gasteiger partial charge in [0.25, 0.3) is 0 Å². The molecule has 2 aromatic rings. The molecule has 0 aliphatic carbocycles. The van der Waals surface area contributed by atoms with Crippen molar-refractivity contribution < 1.29 is 9.15 Å². The van der Waals surface area contributed by atoms with Gasteiger partial charge in [-0.15, -0.1) is 0 Å². The molecule has 0 saturated heterocycles. The minimum absolute atomic E-state index is 0.114. The van der Waals surface area contributed by atoms with Gasteiger partial charge >= 0.3 is 0 Å². The molecule has 1 atom stereocenters. The third-order valence-corrected chi connectivity index (χ3v) is 4.11. The average molecular weight is 336 g/mol. The molecule has 2 N–H and O–H groups in total. The van der Waals surface area contributed by atoms with Crippen LogP contribution in [0, 0.1) is 0 Å². The number of benzene rings is 1. The van der Waals surface area contributed by atoms with Gasteiger partial charge in [-0.25, -0.2) is 0 Å². The summed E-state index contributed by atoms with van der Waals surface area (Å²) in [4.78, 5) is 0. The maximum Gasteiger partial charge on any atom is 0.125 e. The van der Waals surface area contributed by atoms with E-state index in [2.05, 4.69) is 28.1 Å². The Morgan fingerprint density at radius 1 is 1.35 bits per heavy atom. The fourth-order valence-corrected chi connectivity index (χ4v) is 3.22. The first-order chi connectivity index (χ1) is 9.72. The third kappa shape index (κ3) is 3.07. The van der Waals surface area contributed by atoms with E-state index < -0.39 is 0 Å². The first-order valence-electron chi connectivity index (χ1n) is 6.94. The van der Waals surface area contributed by atoms with Gasteiger partial charge in [-0.05, 0) is 48.2 Å². The molecular weight excluding hydrogens is 318 g/mol. The van der Waals surface area contributed by atoms with Gasteiger partial charge in [-0.1, -0.05) is 15.9 Å². The predicted molar refractivity (Wildman–Crippen MR) is 82.0 cm³/mol. The first kappa shape index (κ1) is 13.7. The highest BCUT2D eigenvalue weighted by molar-refractivity contribution is 9.10. The van der Waals surface area contributed by atoms with Crippen molar-refractivity contribution in [3.8, 4) is 5.75 Å². The number of aryl methyl sites for hydroxylation is 1.